The number of rotatable bonds is 4. The number of carbonyl (C=O) groups is 2. The molecule has 1 saturated carbocycles. The zero-order chi connectivity index (χ0) is 11.7. The zero-order valence-corrected chi connectivity index (χ0v) is 9.48. The minimum absolute atomic E-state index is 0.0390. The van der Waals surface area contributed by atoms with E-state index in [2.05, 4.69) is 5.32 Å². The molecule has 16 heavy (non-hydrogen) atoms. The fraction of sp³-hybridized carbons (Fsp3) is 0.818. The predicted octanol–water partition coefficient (Wildman–Crippen LogP) is 0.0600. The number of carboxylic acids is 1. The standard InChI is InChI=1S/C11H18N2O3/c1-7-4-5-13(10(7)11(15)16)6-9(14)12-8-2-3-8/h7-8,10H,2-6H2,1H3,(H,12,14)(H,15,16). The second-order valence-corrected chi connectivity index (χ2v) is 4.86. The highest BCUT2D eigenvalue weighted by atomic mass is 16.4. The second kappa shape index (κ2) is 4.41. The minimum atomic E-state index is -0.816. The zero-order valence-electron chi connectivity index (χ0n) is 9.48. The summed E-state index contributed by atoms with van der Waals surface area (Å²) in [5.74, 6) is -0.724. The smallest absolute Gasteiger partial charge is 0.321 e. The third-order valence-corrected chi connectivity index (χ3v) is 3.35. The number of amides is 1. The SMILES string of the molecule is CC1CCN(CC(=O)NC2CC2)C1C(=O)O. The van der Waals surface area contributed by atoms with Crippen LogP contribution in [0.15, 0.2) is 0 Å². The number of nitrogens with one attached hydrogen (secondary N) is 1. The van der Waals surface area contributed by atoms with Crippen molar-refractivity contribution in [2.45, 2.75) is 38.3 Å². The summed E-state index contributed by atoms with van der Waals surface area (Å²) in [5, 5.41) is 12.0. The van der Waals surface area contributed by atoms with Crippen molar-refractivity contribution in [3.63, 3.8) is 0 Å². The highest BCUT2D eigenvalue weighted by molar-refractivity contribution is 5.80. The van der Waals surface area contributed by atoms with E-state index in [4.69, 9.17) is 5.11 Å². The Morgan fingerprint density at radius 1 is 1.38 bits per heavy atom. The minimum Gasteiger partial charge on any atom is -0.480 e. The lowest BCUT2D eigenvalue weighted by Crippen LogP contribution is -2.45. The van der Waals surface area contributed by atoms with E-state index in [0.29, 0.717) is 12.6 Å². The molecule has 5 nitrogen and oxygen atoms in total. The highest BCUT2D eigenvalue weighted by Gasteiger charge is 2.37. The van der Waals surface area contributed by atoms with Gasteiger partial charge in [-0.15, -0.1) is 0 Å². The lowest BCUT2D eigenvalue weighted by Gasteiger charge is -2.22. The van der Waals surface area contributed by atoms with Crippen LogP contribution in [0.1, 0.15) is 26.2 Å². The van der Waals surface area contributed by atoms with Gasteiger partial charge in [-0.1, -0.05) is 6.92 Å². The molecule has 5 heteroatoms. The molecule has 2 rings (SSSR count). The maximum absolute atomic E-state index is 11.6. The van der Waals surface area contributed by atoms with Crippen molar-refractivity contribution in [1.82, 2.24) is 10.2 Å². The molecule has 0 bridgehead atoms. The molecule has 2 fully saturated rings. The average Bonchev–Trinajstić information content (AvgIpc) is 2.90. The Kier molecular flexibility index (Phi) is 3.14. The Balaban J connectivity index is 1.87. The van der Waals surface area contributed by atoms with Crippen LogP contribution in [-0.2, 0) is 9.59 Å². The fourth-order valence-corrected chi connectivity index (χ4v) is 2.29. The van der Waals surface area contributed by atoms with E-state index in [-0.39, 0.29) is 18.4 Å². The van der Waals surface area contributed by atoms with Gasteiger partial charge in [-0.25, -0.2) is 0 Å². The van der Waals surface area contributed by atoms with Crippen LogP contribution in [0.25, 0.3) is 0 Å². The number of hydrogen-bond acceptors (Lipinski definition) is 3. The molecule has 0 aromatic heterocycles. The van der Waals surface area contributed by atoms with E-state index in [1.54, 1.807) is 4.90 Å². The van der Waals surface area contributed by atoms with Crippen LogP contribution >= 0.6 is 0 Å². The highest BCUT2D eigenvalue weighted by Crippen LogP contribution is 2.24. The number of aliphatic carboxylic acids is 1. The monoisotopic (exact) mass is 226 g/mol. The normalized spacial score (nSPS) is 30.3. The van der Waals surface area contributed by atoms with Crippen LogP contribution in [-0.4, -0.2) is 47.1 Å². The Labute approximate surface area is 94.8 Å². The molecule has 2 N–H and O–H groups in total. The van der Waals surface area contributed by atoms with Gasteiger partial charge in [0.15, 0.2) is 0 Å². The summed E-state index contributed by atoms with van der Waals surface area (Å²) in [6.45, 7) is 2.85. The molecule has 0 radical (unpaired) electrons. The Bertz CT molecular complexity index is 302. The third kappa shape index (κ3) is 2.52. The van der Waals surface area contributed by atoms with Crippen molar-refractivity contribution >= 4 is 11.9 Å². The molecule has 1 aliphatic heterocycles. The van der Waals surface area contributed by atoms with Gasteiger partial charge in [0, 0.05) is 6.04 Å². The molecular formula is C11H18N2O3. The molecule has 1 aliphatic carbocycles. The summed E-state index contributed by atoms with van der Waals surface area (Å²) in [7, 11) is 0. The largest absolute Gasteiger partial charge is 0.480 e. The molecule has 1 saturated heterocycles. The van der Waals surface area contributed by atoms with Gasteiger partial charge in [-0.3, -0.25) is 14.5 Å². The van der Waals surface area contributed by atoms with Gasteiger partial charge in [0.05, 0.1) is 6.54 Å². The fourth-order valence-electron chi connectivity index (χ4n) is 2.29. The van der Waals surface area contributed by atoms with Gasteiger partial charge in [-0.2, -0.15) is 0 Å². The summed E-state index contributed by atoms with van der Waals surface area (Å²) in [6.07, 6.45) is 2.97. The molecule has 0 aromatic rings. The van der Waals surface area contributed by atoms with Gasteiger partial charge < -0.3 is 10.4 Å². The number of nitrogens with zero attached hydrogens (tertiary/aromatic N) is 1. The summed E-state index contributed by atoms with van der Waals surface area (Å²) >= 11 is 0. The summed E-state index contributed by atoms with van der Waals surface area (Å²) in [4.78, 5) is 24.4. The van der Waals surface area contributed by atoms with E-state index in [0.717, 1.165) is 19.3 Å². The van der Waals surface area contributed by atoms with Crippen LogP contribution < -0.4 is 5.32 Å². The van der Waals surface area contributed by atoms with E-state index < -0.39 is 12.0 Å². The number of likely N-dealkylation sites (tertiary alicyclic amines) is 1. The number of hydrogen-bond donors (Lipinski definition) is 2. The second-order valence-electron chi connectivity index (χ2n) is 4.86. The Morgan fingerprint density at radius 2 is 2.06 bits per heavy atom. The molecule has 1 heterocycles. The van der Waals surface area contributed by atoms with Gasteiger partial charge in [0.25, 0.3) is 0 Å². The lowest BCUT2D eigenvalue weighted by molar-refractivity contribution is -0.143. The van der Waals surface area contributed by atoms with Gasteiger partial charge in [-0.05, 0) is 31.7 Å². The lowest BCUT2D eigenvalue weighted by atomic mass is 10.0. The van der Waals surface area contributed by atoms with Crippen LogP contribution in [0.4, 0.5) is 0 Å². The first kappa shape index (κ1) is 11.4. The number of carbonyl (C=O) groups excluding carboxylic acids is 1. The maximum atomic E-state index is 11.6. The van der Waals surface area contributed by atoms with Crippen molar-refractivity contribution in [2.24, 2.45) is 5.92 Å². The van der Waals surface area contributed by atoms with Crippen LogP contribution in [0.2, 0.25) is 0 Å². The van der Waals surface area contributed by atoms with Gasteiger partial charge in [0.1, 0.15) is 6.04 Å². The Morgan fingerprint density at radius 3 is 2.62 bits per heavy atom. The Hall–Kier alpha value is -1.10. The first-order valence-electron chi connectivity index (χ1n) is 5.84. The average molecular weight is 226 g/mol. The molecule has 2 aliphatic rings. The van der Waals surface area contributed by atoms with Gasteiger partial charge in [0.2, 0.25) is 5.91 Å². The first-order chi connectivity index (χ1) is 7.58. The van der Waals surface area contributed by atoms with Crippen molar-refractivity contribution < 1.29 is 14.7 Å². The topological polar surface area (TPSA) is 69.6 Å². The maximum Gasteiger partial charge on any atom is 0.321 e. The van der Waals surface area contributed by atoms with Crippen molar-refractivity contribution in [3.05, 3.63) is 0 Å². The van der Waals surface area contributed by atoms with E-state index in [1.807, 2.05) is 6.92 Å². The molecule has 2 unspecified atom stereocenters. The van der Waals surface area contributed by atoms with Crippen molar-refractivity contribution in [3.8, 4) is 0 Å². The predicted molar refractivity (Wildman–Crippen MR) is 57.9 cm³/mol. The van der Waals surface area contributed by atoms with E-state index >= 15 is 0 Å². The quantitative estimate of drug-likeness (QED) is 0.711. The number of carboxylic acid groups (broad SMARTS) is 1. The molecule has 90 valence electrons. The van der Waals surface area contributed by atoms with Crippen molar-refractivity contribution in [2.75, 3.05) is 13.1 Å². The van der Waals surface area contributed by atoms with Crippen LogP contribution in [0.5, 0.6) is 0 Å². The molecular weight excluding hydrogens is 208 g/mol. The van der Waals surface area contributed by atoms with Crippen LogP contribution in [0.3, 0.4) is 0 Å². The van der Waals surface area contributed by atoms with E-state index in [9.17, 15) is 9.59 Å². The van der Waals surface area contributed by atoms with E-state index in [1.165, 1.54) is 0 Å². The van der Waals surface area contributed by atoms with Crippen LogP contribution in [0, 0.1) is 5.92 Å². The summed E-state index contributed by atoms with van der Waals surface area (Å²) < 4.78 is 0. The molecule has 0 aromatic carbocycles. The third-order valence-electron chi connectivity index (χ3n) is 3.35. The first-order valence-corrected chi connectivity index (χ1v) is 5.84. The van der Waals surface area contributed by atoms with Gasteiger partial charge >= 0.3 is 5.97 Å². The molecule has 0 spiro atoms. The summed E-state index contributed by atoms with van der Waals surface area (Å²) in [6, 6.07) is -0.152. The molecule has 1 amide bonds. The summed E-state index contributed by atoms with van der Waals surface area (Å²) in [5.41, 5.74) is 0. The van der Waals surface area contributed by atoms with Crippen molar-refractivity contribution in [1.29, 1.82) is 0 Å². The molecule has 2 atom stereocenters.